The maximum atomic E-state index is 11.9. The maximum Gasteiger partial charge on any atom is 0.319 e. The molecular weight excluding hydrogens is 336 g/mol. The van der Waals surface area contributed by atoms with Crippen molar-refractivity contribution >= 4 is 23.3 Å². The van der Waals surface area contributed by atoms with Crippen LogP contribution in [0.3, 0.4) is 0 Å². The summed E-state index contributed by atoms with van der Waals surface area (Å²) in [6.07, 6.45) is 2.53. The van der Waals surface area contributed by atoms with Crippen molar-refractivity contribution in [2.45, 2.75) is 6.42 Å². The summed E-state index contributed by atoms with van der Waals surface area (Å²) in [5.74, 6) is 0. The van der Waals surface area contributed by atoms with Gasteiger partial charge in [0.1, 0.15) is 0 Å². The highest BCUT2D eigenvalue weighted by Gasteiger charge is 2.05. The molecule has 0 radical (unpaired) electrons. The van der Waals surface area contributed by atoms with Gasteiger partial charge in [0, 0.05) is 19.8 Å². The fourth-order valence-corrected chi connectivity index (χ4v) is 2.73. The lowest BCUT2D eigenvalue weighted by atomic mass is 10.1. The van der Waals surface area contributed by atoms with Gasteiger partial charge in [-0.15, -0.1) is 0 Å². The molecule has 0 bridgehead atoms. The van der Waals surface area contributed by atoms with E-state index in [1.807, 2.05) is 29.9 Å². The van der Waals surface area contributed by atoms with E-state index in [0.717, 1.165) is 23.2 Å². The van der Waals surface area contributed by atoms with E-state index >= 15 is 0 Å². The lowest BCUT2D eigenvalue weighted by Gasteiger charge is -2.09. The van der Waals surface area contributed by atoms with Crippen molar-refractivity contribution in [3.63, 3.8) is 0 Å². The molecule has 1 aromatic heterocycles. The van der Waals surface area contributed by atoms with Crippen molar-refractivity contribution in [2.24, 2.45) is 7.05 Å². The minimum absolute atomic E-state index is 0.264. The number of anilines is 1. The predicted molar refractivity (Wildman–Crippen MR) is 101 cm³/mol. The first-order valence-electron chi connectivity index (χ1n) is 8.00. The molecule has 128 valence electrons. The number of amides is 2. The molecule has 2 amide bonds. The average molecular weight is 355 g/mol. The van der Waals surface area contributed by atoms with Gasteiger partial charge in [-0.3, -0.25) is 4.68 Å². The Morgan fingerprint density at radius 1 is 1.12 bits per heavy atom. The van der Waals surface area contributed by atoms with Crippen LogP contribution in [0, 0.1) is 0 Å². The minimum atomic E-state index is -0.264. The van der Waals surface area contributed by atoms with Gasteiger partial charge in [0.05, 0.1) is 16.4 Å². The molecule has 0 atom stereocenters. The zero-order valence-electron chi connectivity index (χ0n) is 13.9. The number of carbonyl (C=O) groups excluding carboxylic acids is 1. The van der Waals surface area contributed by atoms with Gasteiger partial charge < -0.3 is 10.6 Å². The highest BCUT2D eigenvalue weighted by atomic mass is 35.5. The summed E-state index contributed by atoms with van der Waals surface area (Å²) in [6.45, 7) is 0.543. The molecule has 1 heterocycles. The van der Waals surface area contributed by atoms with Crippen molar-refractivity contribution in [3.05, 3.63) is 71.4 Å². The SMILES string of the molecule is Cn1nccc1-c1ccc(CCNC(=O)Nc2ccccc2Cl)cc1. The zero-order valence-corrected chi connectivity index (χ0v) is 14.6. The van der Waals surface area contributed by atoms with E-state index < -0.39 is 0 Å². The normalized spacial score (nSPS) is 10.5. The molecule has 5 nitrogen and oxygen atoms in total. The Balaban J connectivity index is 1.50. The van der Waals surface area contributed by atoms with E-state index in [-0.39, 0.29) is 6.03 Å². The van der Waals surface area contributed by atoms with E-state index in [0.29, 0.717) is 17.3 Å². The smallest absolute Gasteiger partial charge is 0.319 e. The monoisotopic (exact) mass is 354 g/mol. The largest absolute Gasteiger partial charge is 0.338 e. The second kappa shape index (κ2) is 7.85. The van der Waals surface area contributed by atoms with Crippen LogP contribution in [0.1, 0.15) is 5.56 Å². The molecule has 25 heavy (non-hydrogen) atoms. The lowest BCUT2D eigenvalue weighted by molar-refractivity contribution is 0.252. The maximum absolute atomic E-state index is 11.9. The number of aromatic nitrogens is 2. The fourth-order valence-electron chi connectivity index (χ4n) is 2.55. The Morgan fingerprint density at radius 3 is 2.56 bits per heavy atom. The number of para-hydroxylation sites is 1. The van der Waals surface area contributed by atoms with Crippen LogP contribution >= 0.6 is 11.6 Å². The molecule has 0 unspecified atom stereocenters. The number of rotatable bonds is 5. The number of benzene rings is 2. The second-order valence-corrected chi connectivity index (χ2v) is 6.05. The van der Waals surface area contributed by atoms with Crippen molar-refractivity contribution < 1.29 is 4.79 Å². The molecule has 0 fully saturated rings. The van der Waals surface area contributed by atoms with Crippen LogP contribution in [-0.4, -0.2) is 22.4 Å². The van der Waals surface area contributed by atoms with Gasteiger partial charge in [0.15, 0.2) is 0 Å². The molecule has 0 aliphatic heterocycles. The van der Waals surface area contributed by atoms with E-state index in [1.54, 1.807) is 18.3 Å². The van der Waals surface area contributed by atoms with E-state index in [2.05, 4.69) is 40.0 Å². The molecule has 3 aromatic rings. The Hall–Kier alpha value is -2.79. The molecular formula is C19H19ClN4O. The number of nitrogens with zero attached hydrogens (tertiary/aromatic N) is 2. The van der Waals surface area contributed by atoms with Gasteiger partial charge in [0.25, 0.3) is 0 Å². The quantitative estimate of drug-likeness (QED) is 0.724. The number of nitrogens with one attached hydrogen (secondary N) is 2. The van der Waals surface area contributed by atoms with Crippen LogP contribution in [0.15, 0.2) is 60.8 Å². The molecule has 0 spiro atoms. The summed E-state index contributed by atoms with van der Waals surface area (Å²) in [4.78, 5) is 11.9. The third-order valence-corrected chi connectivity index (χ3v) is 4.22. The Labute approximate surface area is 151 Å². The first-order chi connectivity index (χ1) is 12.1. The highest BCUT2D eigenvalue weighted by molar-refractivity contribution is 6.33. The third kappa shape index (κ3) is 4.39. The van der Waals surface area contributed by atoms with Gasteiger partial charge in [-0.25, -0.2) is 4.79 Å². The van der Waals surface area contributed by atoms with Gasteiger partial charge in [-0.2, -0.15) is 5.10 Å². The minimum Gasteiger partial charge on any atom is -0.338 e. The highest BCUT2D eigenvalue weighted by Crippen LogP contribution is 2.20. The van der Waals surface area contributed by atoms with Crippen LogP contribution in [0.25, 0.3) is 11.3 Å². The summed E-state index contributed by atoms with van der Waals surface area (Å²) < 4.78 is 1.84. The van der Waals surface area contributed by atoms with Gasteiger partial charge in [-0.1, -0.05) is 48.0 Å². The van der Waals surface area contributed by atoms with Gasteiger partial charge in [-0.05, 0) is 35.7 Å². The van der Waals surface area contributed by atoms with Crippen molar-refractivity contribution in [1.29, 1.82) is 0 Å². The van der Waals surface area contributed by atoms with Gasteiger partial charge in [0.2, 0.25) is 0 Å². The number of urea groups is 1. The second-order valence-electron chi connectivity index (χ2n) is 5.65. The molecule has 0 saturated carbocycles. The van der Waals surface area contributed by atoms with Crippen LogP contribution < -0.4 is 10.6 Å². The molecule has 3 rings (SSSR count). The Bertz CT molecular complexity index is 858. The zero-order chi connectivity index (χ0) is 17.6. The van der Waals surface area contributed by atoms with Crippen LogP contribution in [0.2, 0.25) is 5.02 Å². The van der Waals surface area contributed by atoms with E-state index in [4.69, 9.17) is 11.6 Å². The standard InChI is InChI=1S/C19H19ClN4O/c1-24-18(11-13-22-24)15-8-6-14(7-9-15)10-12-21-19(25)23-17-5-3-2-4-16(17)20/h2-9,11,13H,10,12H2,1H3,(H2,21,23,25). The topological polar surface area (TPSA) is 59.0 Å². The Kier molecular flexibility index (Phi) is 5.36. The van der Waals surface area contributed by atoms with Crippen LogP contribution in [0.5, 0.6) is 0 Å². The number of hydrogen-bond acceptors (Lipinski definition) is 2. The molecule has 2 aromatic carbocycles. The number of carbonyl (C=O) groups is 1. The number of hydrogen-bond donors (Lipinski definition) is 2. The van der Waals surface area contributed by atoms with E-state index in [9.17, 15) is 4.79 Å². The van der Waals surface area contributed by atoms with Crippen molar-refractivity contribution in [2.75, 3.05) is 11.9 Å². The first kappa shape index (κ1) is 17.0. The summed E-state index contributed by atoms with van der Waals surface area (Å²) in [6, 6.07) is 17.1. The predicted octanol–water partition coefficient (Wildman–Crippen LogP) is 4.10. The third-order valence-electron chi connectivity index (χ3n) is 3.89. The summed E-state index contributed by atoms with van der Waals surface area (Å²) in [5, 5.41) is 10.3. The lowest BCUT2D eigenvalue weighted by Crippen LogP contribution is -2.30. The van der Waals surface area contributed by atoms with Crippen LogP contribution in [-0.2, 0) is 13.5 Å². The summed E-state index contributed by atoms with van der Waals surface area (Å²) >= 11 is 6.02. The molecule has 6 heteroatoms. The van der Waals surface area contributed by atoms with Crippen LogP contribution in [0.4, 0.5) is 10.5 Å². The number of halogens is 1. The van der Waals surface area contributed by atoms with Crippen molar-refractivity contribution in [1.82, 2.24) is 15.1 Å². The molecule has 0 aliphatic carbocycles. The van der Waals surface area contributed by atoms with E-state index in [1.165, 1.54) is 0 Å². The Morgan fingerprint density at radius 2 is 1.88 bits per heavy atom. The van der Waals surface area contributed by atoms with Gasteiger partial charge >= 0.3 is 6.03 Å². The average Bonchev–Trinajstić information content (AvgIpc) is 3.04. The fraction of sp³-hybridized carbons (Fsp3) is 0.158. The first-order valence-corrected chi connectivity index (χ1v) is 8.38. The summed E-state index contributed by atoms with van der Waals surface area (Å²) in [5.41, 5.74) is 3.95. The molecule has 0 aliphatic rings. The summed E-state index contributed by atoms with van der Waals surface area (Å²) in [7, 11) is 1.92. The molecule has 0 saturated heterocycles. The molecule has 2 N–H and O–H groups in total. The van der Waals surface area contributed by atoms with Crippen molar-refractivity contribution in [3.8, 4) is 11.3 Å². The number of aryl methyl sites for hydroxylation is 1.